The van der Waals surface area contributed by atoms with E-state index in [0.29, 0.717) is 0 Å². The van der Waals surface area contributed by atoms with Crippen LogP contribution in [-0.2, 0) is 14.1 Å². The first kappa shape index (κ1) is 14.9. The largest absolute Gasteiger partial charge is 0.324 e. The number of hydrogen-bond acceptors (Lipinski definition) is 2. The normalized spacial score (nSPS) is 11.8. The molecule has 24 heavy (non-hydrogen) atoms. The van der Waals surface area contributed by atoms with Crippen molar-refractivity contribution in [3.8, 4) is 11.6 Å². The van der Waals surface area contributed by atoms with Gasteiger partial charge in [-0.1, -0.05) is 0 Å². The van der Waals surface area contributed by atoms with Crippen molar-refractivity contribution in [2.45, 2.75) is 27.7 Å². The molecule has 0 aliphatic heterocycles. The highest BCUT2D eigenvalue weighted by atomic mass is 15.2. The predicted octanol–water partition coefficient (Wildman–Crippen LogP) is 4.36. The highest BCUT2D eigenvalue weighted by Gasteiger charge is 2.17. The second-order valence-electron chi connectivity index (χ2n) is 6.84. The number of fused-ring (bicyclic) bond motifs is 2. The molecule has 0 bridgehead atoms. The van der Waals surface area contributed by atoms with E-state index in [-0.39, 0.29) is 0 Å². The monoisotopic (exact) mass is 318 g/mol. The molecular weight excluding hydrogens is 296 g/mol. The number of nitrogens with zero attached hydrogens (tertiary/aromatic N) is 4. The molecule has 4 heteroatoms. The van der Waals surface area contributed by atoms with Gasteiger partial charge in [0, 0.05) is 14.1 Å². The maximum Gasteiger partial charge on any atom is 0.177 e. The van der Waals surface area contributed by atoms with Gasteiger partial charge in [0.05, 0.1) is 22.1 Å². The summed E-state index contributed by atoms with van der Waals surface area (Å²) in [5.41, 5.74) is 9.44. The molecule has 4 aromatic rings. The Balaban J connectivity index is 2.02. The van der Waals surface area contributed by atoms with E-state index in [0.717, 1.165) is 33.7 Å². The summed E-state index contributed by atoms with van der Waals surface area (Å²) in [5, 5.41) is 0. The first-order chi connectivity index (χ1) is 11.4. The molecule has 2 aromatic carbocycles. The lowest BCUT2D eigenvalue weighted by Crippen LogP contribution is -1.99. The maximum absolute atomic E-state index is 4.87. The lowest BCUT2D eigenvalue weighted by Gasteiger charge is -2.04. The van der Waals surface area contributed by atoms with E-state index in [4.69, 9.17) is 9.97 Å². The Bertz CT molecular complexity index is 1020. The summed E-state index contributed by atoms with van der Waals surface area (Å²) in [6.45, 7) is 8.54. The molecule has 0 atom stereocenters. The zero-order chi connectivity index (χ0) is 17.2. The van der Waals surface area contributed by atoms with Crippen molar-refractivity contribution < 1.29 is 0 Å². The van der Waals surface area contributed by atoms with Gasteiger partial charge in [0.1, 0.15) is 0 Å². The molecule has 122 valence electrons. The Morgan fingerprint density at radius 1 is 0.583 bits per heavy atom. The van der Waals surface area contributed by atoms with Crippen molar-refractivity contribution in [3.63, 3.8) is 0 Å². The Labute approximate surface area is 141 Å². The standard InChI is InChI=1S/C20H22N4/c1-11-7-15-17(9-13(11)3)23(5)19(21-15)20-22-16-8-12(2)14(4)10-18(16)24(20)6/h7-10H,1-6H3. The molecule has 0 N–H and O–H groups in total. The van der Waals surface area contributed by atoms with Gasteiger partial charge >= 0.3 is 0 Å². The van der Waals surface area contributed by atoms with E-state index in [1.54, 1.807) is 0 Å². The highest BCUT2D eigenvalue weighted by molar-refractivity contribution is 5.85. The SMILES string of the molecule is Cc1cc2nc(-c3nc4cc(C)c(C)cc4n3C)n(C)c2cc1C. The van der Waals surface area contributed by atoms with Gasteiger partial charge in [-0.2, -0.15) is 0 Å². The molecule has 0 spiro atoms. The molecule has 0 unspecified atom stereocenters. The fraction of sp³-hybridized carbons (Fsp3) is 0.300. The van der Waals surface area contributed by atoms with Crippen molar-refractivity contribution in [2.24, 2.45) is 14.1 Å². The van der Waals surface area contributed by atoms with E-state index in [1.807, 2.05) is 0 Å². The third-order valence-electron chi connectivity index (χ3n) is 5.19. The van der Waals surface area contributed by atoms with Crippen molar-refractivity contribution in [1.82, 2.24) is 19.1 Å². The van der Waals surface area contributed by atoms with Crippen molar-refractivity contribution >= 4 is 22.1 Å². The minimum absolute atomic E-state index is 0.906. The molecule has 0 saturated heterocycles. The average Bonchev–Trinajstić information content (AvgIpc) is 3.00. The Morgan fingerprint density at radius 3 is 1.29 bits per heavy atom. The third-order valence-corrected chi connectivity index (χ3v) is 5.19. The van der Waals surface area contributed by atoms with Crippen LogP contribution in [0.25, 0.3) is 33.7 Å². The van der Waals surface area contributed by atoms with Gasteiger partial charge in [-0.15, -0.1) is 0 Å². The fourth-order valence-electron chi connectivity index (χ4n) is 3.29. The molecule has 2 heterocycles. The van der Waals surface area contributed by atoms with Crippen LogP contribution in [0.4, 0.5) is 0 Å². The fourth-order valence-corrected chi connectivity index (χ4v) is 3.29. The number of imidazole rings is 2. The highest BCUT2D eigenvalue weighted by Crippen LogP contribution is 2.28. The zero-order valence-corrected chi connectivity index (χ0v) is 15.1. The van der Waals surface area contributed by atoms with Crippen molar-refractivity contribution in [2.75, 3.05) is 0 Å². The Hall–Kier alpha value is -2.62. The predicted molar refractivity (Wildman–Crippen MR) is 99.4 cm³/mol. The lowest BCUT2D eigenvalue weighted by atomic mass is 10.1. The molecule has 0 radical (unpaired) electrons. The van der Waals surface area contributed by atoms with Crippen LogP contribution in [0.5, 0.6) is 0 Å². The molecule has 4 rings (SSSR count). The molecule has 0 aliphatic rings. The van der Waals surface area contributed by atoms with E-state index in [1.165, 1.54) is 22.3 Å². The summed E-state index contributed by atoms with van der Waals surface area (Å²) in [6.07, 6.45) is 0. The van der Waals surface area contributed by atoms with E-state index in [2.05, 4.69) is 75.2 Å². The average molecular weight is 318 g/mol. The first-order valence-electron chi connectivity index (χ1n) is 8.24. The quantitative estimate of drug-likeness (QED) is 0.523. The van der Waals surface area contributed by atoms with Gasteiger partial charge in [0.2, 0.25) is 0 Å². The van der Waals surface area contributed by atoms with Crippen LogP contribution in [0.3, 0.4) is 0 Å². The smallest absolute Gasteiger partial charge is 0.177 e. The van der Waals surface area contributed by atoms with Gasteiger partial charge < -0.3 is 9.13 Å². The van der Waals surface area contributed by atoms with E-state index in [9.17, 15) is 0 Å². The number of aryl methyl sites for hydroxylation is 6. The molecule has 4 nitrogen and oxygen atoms in total. The number of aromatic nitrogens is 4. The summed E-state index contributed by atoms with van der Waals surface area (Å²) in [7, 11) is 4.13. The van der Waals surface area contributed by atoms with Crippen LogP contribution >= 0.6 is 0 Å². The number of benzene rings is 2. The van der Waals surface area contributed by atoms with Gasteiger partial charge in [0.25, 0.3) is 0 Å². The van der Waals surface area contributed by atoms with Gasteiger partial charge in [-0.25, -0.2) is 9.97 Å². The summed E-state index contributed by atoms with van der Waals surface area (Å²) in [5.74, 6) is 1.81. The minimum Gasteiger partial charge on any atom is -0.324 e. The van der Waals surface area contributed by atoms with Crippen LogP contribution in [0, 0.1) is 27.7 Å². The molecule has 0 aliphatic carbocycles. The molecule has 2 aromatic heterocycles. The molecular formula is C20H22N4. The summed E-state index contributed by atoms with van der Waals surface area (Å²) in [6, 6.07) is 8.73. The minimum atomic E-state index is 0.906. The van der Waals surface area contributed by atoms with Crippen molar-refractivity contribution in [1.29, 1.82) is 0 Å². The zero-order valence-electron chi connectivity index (χ0n) is 15.1. The molecule has 0 amide bonds. The van der Waals surface area contributed by atoms with Crippen LogP contribution in [-0.4, -0.2) is 19.1 Å². The Kier molecular flexibility index (Phi) is 3.07. The summed E-state index contributed by atoms with van der Waals surface area (Å²) < 4.78 is 4.28. The van der Waals surface area contributed by atoms with E-state index < -0.39 is 0 Å². The molecule has 0 fully saturated rings. The van der Waals surface area contributed by atoms with Gasteiger partial charge in [-0.3, -0.25) is 0 Å². The van der Waals surface area contributed by atoms with Crippen LogP contribution in [0.1, 0.15) is 22.3 Å². The van der Waals surface area contributed by atoms with Crippen LogP contribution in [0.15, 0.2) is 24.3 Å². The lowest BCUT2D eigenvalue weighted by molar-refractivity contribution is 0.890. The summed E-state index contributed by atoms with van der Waals surface area (Å²) >= 11 is 0. The first-order valence-corrected chi connectivity index (χ1v) is 8.24. The van der Waals surface area contributed by atoms with Gasteiger partial charge in [-0.05, 0) is 74.2 Å². The molecule has 0 saturated carbocycles. The van der Waals surface area contributed by atoms with Crippen LogP contribution < -0.4 is 0 Å². The summed E-state index contributed by atoms with van der Waals surface area (Å²) in [4.78, 5) is 9.73. The van der Waals surface area contributed by atoms with Gasteiger partial charge in [0.15, 0.2) is 11.6 Å². The van der Waals surface area contributed by atoms with Crippen LogP contribution in [0.2, 0.25) is 0 Å². The van der Waals surface area contributed by atoms with E-state index >= 15 is 0 Å². The third kappa shape index (κ3) is 1.99. The second kappa shape index (κ2) is 4.94. The Morgan fingerprint density at radius 2 is 0.917 bits per heavy atom. The maximum atomic E-state index is 4.87. The van der Waals surface area contributed by atoms with Crippen molar-refractivity contribution in [3.05, 3.63) is 46.5 Å². The second-order valence-corrected chi connectivity index (χ2v) is 6.84. The number of rotatable bonds is 1. The topological polar surface area (TPSA) is 35.6 Å². The number of hydrogen-bond donors (Lipinski definition) is 0.